The zero-order valence-corrected chi connectivity index (χ0v) is 27.4. The average molecular weight is 653 g/mol. The van der Waals surface area contributed by atoms with Crippen LogP contribution in [0.1, 0.15) is 0 Å². The lowest BCUT2D eigenvalue weighted by atomic mass is 9.99. The second kappa shape index (κ2) is 10.8. The number of furan rings is 1. The van der Waals surface area contributed by atoms with Crippen LogP contribution >= 0.6 is 0 Å². The molecule has 0 saturated carbocycles. The van der Waals surface area contributed by atoms with Gasteiger partial charge in [-0.3, -0.25) is 4.57 Å². The molecule has 5 heteroatoms. The third kappa shape index (κ3) is 4.03. The van der Waals surface area contributed by atoms with E-state index in [9.17, 15) is 0 Å². The number of hydrogen-bond acceptors (Lipinski definition) is 3. The molecular weight excluding hydrogens is 625 g/mol. The molecule has 0 unspecified atom stereocenters. The van der Waals surface area contributed by atoms with Crippen molar-refractivity contribution in [2.75, 3.05) is 0 Å². The molecule has 0 spiro atoms. The number of aromatic nitrogens is 4. The van der Waals surface area contributed by atoms with E-state index in [0.717, 1.165) is 60.9 Å². The lowest BCUT2D eigenvalue weighted by Crippen LogP contribution is -2.04. The van der Waals surface area contributed by atoms with Gasteiger partial charge in [-0.15, -0.1) is 0 Å². The predicted molar refractivity (Wildman–Crippen MR) is 209 cm³/mol. The number of rotatable bonds is 4. The van der Waals surface area contributed by atoms with Crippen molar-refractivity contribution in [3.8, 4) is 34.0 Å². The quantitative estimate of drug-likeness (QED) is 0.190. The highest BCUT2D eigenvalue weighted by atomic mass is 16.3. The van der Waals surface area contributed by atoms with E-state index < -0.39 is 0 Å². The molecule has 0 aliphatic carbocycles. The summed E-state index contributed by atoms with van der Waals surface area (Å²) in [7, 11) is 0. The molecule has 0 amide bonds. The fourth-order valence-electron chi connectivity index (χ4n) is 8.01. The zero-order chi connectivity index (χ0) is 33.5. The first-order valence-electron chi connectivity index (χ1n) is 17.2. The number of fused-ring (bicyclic) bond motifs is 9. The maximum atomic E-state index is 6.67. The highest BCUT2D eigenvalue weighted by Crippen LogP contribution is 2.42. The maximum absolute atomic E-state index is 6.67. The fraction of sp³-hybridized carbons (Fsp3) is 0. The molecule has 0 radical (unpaired) electrons. The summed E-state index contributed by atoms with van der Waals surface area (Å²) in [6.45, 7) is 0. The zero-order valence-electron chi connectivity index (χ0n) is 27.4. The van der Waals surface area contributed by atoms with Gasteiger partial charge in [0.25, 0.3) is 0 Å². The summed E-state index contributed by atoms with van der Waals surface area (Å²) in [5, 5.41) is 5.70. The van der Waals surface area contributed by atoms with Crippen LogP contribution in [0.5, 0.6) is 0 Å². The monoisotopic (exact) mass is 652 g/mol. The van der Waals surface area contributed by atoms with E-state index in [2.05, 4.69) is 161 Å². The first-order chi connectivity index (χ1) is 25.3. The molecule has 7 aromatic carbocycles. The first kappa shape index (κ1) is 27.9. The van der Waals surface area contributed by atoms with Crippen LogP contribution in [-0.2, 0) is 0 Å². The second-order valence-corrected chi connectivity index (χ2v) is 13.0. The van der Waals surface area contributed by atoms with Gasteiger partial charge in [0.1, 0.15) is 16.8 Å². The summed E-state index contributed by atoms with van der Waals surface area (Å²) in [4.78, 5) is 10.8. The molecule has 0 aliphatic heterocycles. The van der Waals surface area contributed by atoms with Gasteiger partial charge in [0.05, 0.1) is 27.8 Å². The molecule has 11 aromatic rings. The van der Waals surface area contributed by atoms with Crippen LogP contribution in [0, 0.1) is 0 Å². The average Bonchev–Trinajstić information content (AvgIpc) is 3.86. The van der Waals surface area contributed by atoms with Crippen LogP contribution in [0.4, 0.5) is 0 Å². The summed E-state index contributed by atoms with van der Waals surface area (Å²) in [5.41, 5.74) is 11.7. The highest BCUT2D eigenvalue weighted by molar-refractivity contribution is 6.16. The minimum absolute atomic E-state index is 0.595. The van der Waals surface area contributed by atoms with Crippen LogP contribution in [0.3, 0.4) is 0 Å². The molecule has 0 fully saturated rings. The minimum Gasteiger partial charge on any atom is -0.452 e. The molecular formula is C46H28N4O. The summed E-state index contributed by atoms with van der Waals surface area (Å²) in [6, 6.07) is 59.5. The molecule has 4 heterocycles. The lowest BCUT2D eigenvalue weighted by Gasteiger charge is -2.15. The predicted octanol–water partition coefficient (Wildman–Crippen LogP) is 11.9. The van der Waals surface area contributed by atoms with Crippen molar-refractivity contribution < 1.29 is 4.42 Å². The van der Waals surface area contributed by atoms with Crippen molar-refractivity contribution in [3.63, 3.8) is 0 Å². The van der Waals surface area contributed by atoms with Gasteiger partial charge in [0.15, 0.2) is 5.58 Å². The van der Waals surface area contributed by atoms with Gasteiger partial charge >= 0.3 is 0 Å². The third-order valence-electron chi connectivity index (χ3n) is 10.2. The second-order valence-electron chi connectivity index (χ2n) is 13.0. The summed E-state index contributed by atoms with van der Waals surface area (Å²) < 4.78 is 11.2. The topological polar surface area (TPSA) is 48.8 Å². The van der Waals surface area contributed by atoms with Crippen LogP contribution in [0.25, 0.3) is 99.7 Å². The Hall–Kier alpha value is -6.98. The summed E-state index contributed by atoms with van der Waals surface area (Å²) in [6.07, 6.45) is 0. The molecule has 0 N–H and O–H groups in total. The molecule has 0 aliphatic rings. The number of nitrogens with zero attached hydrogens (tertiary/aromatic N) is 4. The molecule has 51 heavy (non-hydrogen) atoms. The van der Waals surface area contributed by atoms with Gasteiger partial charge < -0.3 is 8.98 Å². The Morgan fingerprint density at radius 3 is 1.75 bits per heavy atom. The summed E-state index contributed by atoms with van der Waals surface area (Å²) >= 11 is 0. The van der Waals surface area contributed by atoms with Crippen LogP contribution in [0.15, 0.2) is 174 Å². The smallest absolute Gasteiger partial charge is 0.236 e. The van der Waals surface area contributed by atoms with Crippen molar-refractivity contribution >= 4 is 65.7 Å². The van der Waals surface area contributed by atoms with Crippen molar-refractivity contribution in [1.29, 1.82) is 0 Å². The molecule has 11 rings (SSSR count). The van der Waals surface area contributed by atoms with Gasteiger partial charge in [0, 0.05) is 32.5 Å². The van der Waals surface area contributed by atoms with E-state index in [1.807, 2.05) is 18.2 Å². The van der Waals surface area contributed by atoms with Crippen LogP contribution in [0.2, 0.25) is 0 Å². The minimum atomic E-state index is 0.595. The standard InChI is InChI=1S/C46H28N4O/c1-2-15-29(16-3-1)30-22-14-27-40-42(30)33-19-6-11-25-38(33)50(40)46-47-43(45-44(48-46)35-21-8-13-28-41(35)51-45)34-20-7-12-26-39(34)49-36-23-9-4-17-31(36)32-18-5-10-24-37(32)49/h1-28H. The van der Waals surface area contributed by atoms with E-state index in [4.69, 9.17) is 14.4 Å². The molecule has 0 bridgehead atoms. The Morgan fingerprint density at radius 2 is 0.980 bits per heavy atom. The molecule has 5 nitrogen and oxygen atoms in total. The fourth-order valence-corrected chi connectivity index (χ4v) is 8.01. The number of para-hydroxylation sites is 5. The Labute approximate surface area is 292 Å². The van der Waals surface area contributed by atoms with Gasteiger partial charge in [-0.2, -0.15) is 0 Å². The molecule has 0 saturated heterocycles. The van der Waals surface area contributed by atoms with E-state index in [0.29, 0.717) is 11.5 Å². The molecule has 4 aromatic heterocycles. The SMILES string of the molecule is c1ccc(-c2cccc3c2c2ccccc2n3-c2nc(-c3ccccc3-n3c4ccccc4c4ccccc43)c3oc4ccccc4c3n2)cc1. The van der Waals surface area contributed by atoms with Crippen molar-refractivity contribution in [3.05, 3.63) is 170 Å². The Morgan fingerprint density at radius 1 is 0.412 bits per heavy atom. The number of hydrogen-bond donors (Lipinski definition) is 0. The van der Waals surface area contributed by atoms with Gasteiger partial charge in [0.2, 0.25) is 5.95 Å². The van der Waals surface area contributed by atoms with Crippen LogP contribution in [-0.4, -0.2) is 19.1 Å². The van der Waals surface area contributed by atoms with Crippen molar-refractivity contribution in [1.82, 2.24) is 19.1 Å². The van der Waals surface area contributed by atoms with Crippen LogP contribution < -0.4 is 0 Å². The van der Waals surface area contributed by atoms with Crippen molar-refractivity contribution in [2.45, 2.75) is 0 Å². The van der Waals surface area contributed by atoms with E-state index in [-0.39, 0.29) is 0 Å². The van der Waals surface area contributed by atoms with Gasteiger partial charge in [-0.1, -0.05) is 127 Å². The van der Waals surface area contributed by atoms with Gasteiger partial charge in [-0.05, 0) is 53.6 Å². The normalized spacial score (nSPS) is 11.9. The van der Waals surface area contributed by atoms with E-state index >= 15 is 0 Å². The Bertz CT molecular complexity index is 3090. The lowest BCUT2D eigenvalue weighted by molar-refractivity contribution is 0.666. The Balaban J connectivity index is 1.26. The largest absolute Gasteiger partial charge is 0.452 e. The van der Waals surface area contributed by atoms with E-state index in [1.165, 1.54) is 27.3 Å². The highest BCUT2D eigenvalue weighted by Gasteiger charge is 2.24. The molecule has 0 atom stereocenters. The van der Waals surface area contributed by atoms with Crippen molar-refractivity contribution in [2.24, 2.45) is 0 Å². The maximum Gasteiger partial charge on any atom is 0.236 e. The van der Waals surface area contributed by atoms with Gasteiger partial charge in [-0.25, -0.2) is 9.97 Å². The number of benzene rings is 7. The van der Waals surface area contributed by atoms with E-state index in [1.54, 1.807) is 0 Å². The molecule has 238 valence electrons. The first-order valence-corrected chi connectivity index (χ1v) is 17.2. The summed E-state index contributed by atoms with van der Waals surface area (Å²) in [5.74, 6) is 0.595. The third-order valence-corrected chi connectivity index (χ3v) is 10.2. The Kier molecular flexibility index (Phi) is 5.89.